The van der Waals surface area contributed by atoms with Crippen LogP contribution < -0.4 is 10.6 Å². The zero-order valence-electron chi connectivity index (χ0n) is 11.2. The molecule has 2 aromatic rings. The van der Waals surface area contributed by atoms with Gasteiger partial charge in [-0.2, -0.15) is 5.26 Å². The van der Waals surface area contributed by atoms with Crippen LogP contribution in [0, 0.1) is 11.3 Å². The summed E-state index contributed by atoms with van der Waals surface area (Å²) in [5.41, 5.74) is 8.57. The Morgan fingerprint density at radius 2 is 2.10 bits per heavy atom. The van der Waals surface area contributed by atoms with Gasteiger partial charge >= 0.3 is 0 Å². The first-order valence-electron chi connectivity index (χ1n) is 6.74. The summed E-state index contributed by atoms with van der Waals surface area (Å²) >= 11 is 0. The summed E-state index contributed by atoms with van der Waals surface area (Å²) in [5, 5.41) is 9.02. The fourth-order valence-electron chi connectivity index (χ4n) is 2.29. The largest absolute Gasteiger partial charge is 0.398 e. The average molecular weight is 264 g/mol. The molecule has 100 valence electrons. The average Bonchev–Trinajstić information content (AvgIpc) is 3.31. The van der Waals surface area contributed by atoms with Crippen molar-refractivity contribution in [1.29, 1.82) is 5.26 Å². The van der Waals surface area contributed by atoms with Crippen LogP contribution in [0.25, 0.3) is 0 Å². The molecule has 1 aromatic heterocycles. The number of nitriles is 1. The lowest BCUT2D eigenvalue weighted by atomic mass is 10.1. The second-order valence-electron chi connectivity index (χ2n) is 5.07. The molecular weight excluding hydrogens is 248 g/mol. The van der Waals surface area contributed by atoms with Gasteiger partial charge in [-0.05, 0) is 36.6 Å². The van der Waals surface area contributed by atoms with Crippen LogP contribution in [0.2, 0.25) is 0 Å². The normalized spacial score (nSPS) is 13.8. The van der Waals surface area contributed by atoms with Crippen LogP contribution in [-0.2, 0) is 6.54 Å². The molecule has 4 heteroatoms. The minimum absolute atomic E-state index is 0.510. The molecule has 1 saturated carbocycles. The molecule has 1 aliphatic rings. The molecule has 3 rings (SSSR count). The van der Waals surface area contributed by atoms with Gasteiger partial charge in [-0.25, -0.2) is 4.98 Å². The highest BCUT2D eigenvalue weighted by molar-refractivity contribution is 5.52. The first-order chi connectivity index (χ1) is 9.78. The van der Waals surface area contributed by atoms with Crippen LogP contribution in [0.4, 0.5) is 11.5 Å². The number of nitrogen functional groups attached to an aromatic ring is 1. The molecule has 4 nitrogen and oxygen atoms in total. The molecule has 0 unspecified atom stereocenters. The maximum absolute atomic E-state index is 9.02. The van der Waals surface area contributed by atoms with Gasteiger partial charge in [-0.15, -0.1) is 0 Å². The predicted molar refractivity (Wildman–Crippen MR) is 79.0 cm³/mol. The molecule has 20 heavy (non-hydrogen) atoms. The van der Waals surface area contributed by atoms with Crippen LogP contribution in [-0.4, -0.2) is 11.0 Å². The molecule has 0 atom stereocenters. The van der Waals surface area contributed by atoms with Crippen molar-refractivity contribution < 1.29 is 0 Å². The third-order valence-corrected chi connectivity index (χ3v) is 3.55. The lowest BCUT2D eigenvalue weighted by Gasteiger charge is -2.24. The highest BCUT2D eigenvalue weighted by Gasteiger charge is 2.30. The fourth-order valence-corrected chi connectivity index (χ4v) is 2.29. The predicted octanol–water partition coefficient (Wildman–Crippen LogP) is 2.70. The third kappa shape index (κ3) is 2.57. The summed E-state index contributed by atoms with van der Waals surface area (Å²) in [6.07, 6.45) is 4.04. The van der Waals surface area contributed by atoms with Crippen LogP contribution in [0.3, 0.4) is 0 Å². The number of benzene rings is 1. The number of hydrogen-bond acceptors (Lipinski definition) is 4. The molecule has 2 N–H and O–H groups in total. The number of pyridine rings is 1. The quantitative estimate of drug-likeness (QED) is 0.862. The van der Waals surface area contributed by atoms with E-state index < -0.39 is 0 Å². The van der Waals surface area contributed by atoms with Crippen LogP contribution in [0.1, 0.15) is 24.0 Å². The van der Waals surface area contributed by atoms with Crippen molar-refractivity contribution in [2.45, 2.75) is 25.4 Å². The van der Waals surface area contributed by atoms with Gasteiger partial charge in [0.1, 0.15) is 5.82 Å². The van der Waals surface area contributed by atoms with Crippen molar-refractivity contribution in [3.05, 3.63) is 53.7 Å². The second kappa shape index (κ2) is 5.22. The number of nitrogens with zero attached hydrogens (tertiary/aromatic N) is 3. The molecule has 1 fully saturated rings. The van der Waals surface area contributed by atoms with E-state index >= 15 is 0 Å². The number of nitrogens with two attached hydrogens (primary N) is 1. The van der Waals surface area contributed by atoms with Crippen LogP contribution in [0.5, 0.6) is 0 Å². The van der Waals surface area contributed by atoms with Crippen molar-refractivity contribution in [2.75, 3.05) is 10.6 Å². The smallest absolute Gasteiger partial charge is 0.130 e. The minimum atomic E-state index is 0.510. The molecule has 0 amide bonds. The van der Waals surface area contributed by atoms with E-state index in [0.717, 1.165) is 23.6 Å². The standard InChI is InChI=1S/C16H16N4/c17-10-12-7-8-19-16(9-12)20(14-5-6-14)11-13-3-1-2-4-15(13)18/h1-4,7-9,14H,5-6,11,18H2. The van der Waals surface area contributed by atoms with Crippen molar-refractivity contribution in [1.82, 2.24) is 4.98 Å². The van der Waals surface area contributed by atoms with Crippen molar-refractivity contribution >= 4 is 11.5 Å². The van der Waals surface area contributed by atoms with Gasteiger partial charge < -0.3 is 10.6 Å². The number of para-hydroxylation sites is 1. The monoisotopic (exact) mass is 264 g/mol. The van der Waals surface area contributed by atoms with Gasteiger partial charge in [0, 0.05) is 24.5 Å². The maximum atomic E-state index is 9.02. The number of anilines is 2. The highest BCUT2D eigenvalue weighted by Crippen LogP contribution is 2.33. The zero-order chi connectivity index (χ0) is 13.9. The lowest BCUT2D eigenvalue weighted by Crippen LogP contribution is -2.26. The number of hydrogen-bond donors (Lipinski definition) is 1. The van der Waals surface area contributed by atoms with Crippen molar-refractivity contribution in [2.24, 2.45) is 0 Å². The summed E-state index contributed by atoms with van der Waals surface area (Å²) in [4.78, 5) is 6.65. The fraction of sp³-hybridized carbons (Fsp3) is 0.250. The zero-order valence-corrected chi connectivity index (χ0v) is 11.2. The van der Waals surface area contributed by atoms with Crippen LogP contribution >= 0.6 is 0 Å². The van der Waals surface area contributed by atoms with E-state index in [-0.39, 0.29) is 0 Å². The first-order valence-corrected chi connectivity index (χ1v) is 6.74. The molecule has 1 aliphatic carbocycles. The van der Waals surface area contributed by atoms with E-state index in [1.165, 1.54) is 12.8 Å². The van der Waals surface area contributed by atoms with E-state index in [9.17, 15) is 0 Å². The summed E-state index contributed by atoms with van der Waals surface area (Å²) in [6, 6.07) is 14.1. The molecular formula is C16H16N4. The molecule has 0 aliphatic heterocycles. The summed E-state index contributed by atoms with van der Waals surface area (Å²) in [5.74, 6) is 0.856. The lowest BCUT2D eigenvalue weighted by molar-refractivity contribution is 0.779. The van der Waals surface area contributed by atoms with Gasteiger partial charge in [0.15, 0.2) is 0 Å². The third-order valence-electron chi connectivity index (χ3n) is 3.55. The Morgan fingerprint density at radius 3 is 2.80 bits per heavy atom. The number of aromatic nitrogens is 1. The molecule has 1 aromatic carbocycles. The Balaban J connectivity index is 1.90. The van der Waals surface area contributed by atoms with E-state index in [0.29, 0.717) is 11.6 Å². The molecule has 0 bridgehead atoms. The van der Waals surface area contributed by atoms with Gasteiger partial charge in [-0.1, -0.05) is 18.2 Å². The first kappa shape index (κ1) is 12.5. The Kier molecular flexibility index (Phi) is 3.26. The Morgan fingerprint density at radius 1 is 1.30 bits per heavy atom. The molecule has 1 heterocycles. The summed E-state index contributed by atoms with van der Waals surface area (Å²) < 4.78 is 0. The number of rotatable bonds is 4. The second-order valence-corrected chi connectivity index (χ2v) is 5.07. The van der Waals surface area contributed by atoms with Gasteiger partial charge in [0.2, 0.25) is 0 Å². The SMILES string of the molecule is N#Cc1ccnc(N(Cc2ccccc2N)C2CC2)c1. The minimum Gasteiger partial charge on any atom is -0.398 e. The molecule has 0 spiro atoms. The van der Waals surface area contributed by atoms with Crippen LogP contribution in [0.15, 0.2) is 42.6 Å². The van der Waals surface area contributed by atoms with E-state index in [1.807, 2.05) is 30.3 Å². The van der Waals surface area contributed by atoms with Gasteiger partial charge in [-0.3, -0.25) is 0 Å². The molecule has 0 radical (unpaired) electrons. The van der Waals surface area contributed by atoms with Gasteiger partial charge in [0.05, 0.1) is 11.6 Å². The summed E-state index contributed by atoms with van der Waals surface area (Å²) in [6.45, 7) is 0.735. The Labute approximate surface area is 118 Å². The summed E-state index contributed by atoms with van der Waals surface area (Å²) in [7, 11) is 0. The van der Waals surface area contributed by atoms with E-state index in [4.69, 9.17) is 11.0 Å². The Bertz CT molecular complexity index is 656. The Hall–Kier alpha value is -2.54. The topological polar surface area (TPSA) is 65.9 Å². The van der Waals surface area contributed by atoms with Crippen molar-refractivity contribution in [3.8, 4) is 6.07 Å². The van der Waals surface area contributed by atoms with E-state index in [2.05, 4.69) is 16.0 Å². The van der Waals surface area contributed by atoms with Crippen molar-refractivity contribution in [3.63, 3.8) is 0 Å². The van der Waals surface area contributed by atoms with E-state index in [1.54, 1.807) is 12.3 Å². The highest BCUT2D eigenvalue weighted by atomic mass is 15.2. The van der Waals surface area contributed by atoms with Gasteiger partial charge in [0.25, 0.3) is 0 Å². The molecule has 0 saturated heterocycles. The maximum Gasteiger partial charge on any atom is 0.130 e.